The number of ether oxygens (including phenoxy) is 2. The van der Waals surface area contributed by atoms with Gasteiger partial charge in [0.15, 0.2) is 5.79 Å². The molecule has 6 nitrogen and oxygen atoms in total. The number of hydrogen-bond acceptors (Lipinski definition) is 3. The first kappa shape index (κ1) is 19.2. The fraction of sp³-hybridized carbons (Fsp3) is 0.571. The molecule has 28 heavy (non-hydrogen) atoms. The number of aryl methyl sites for hydroxylation is 1. The number of likely N-dealkylation sites (tertiary alicyclic amines) is 1. The number of carboxylic acid groups (broad SMARTS) is 1. The minimum absolute atomic E-state index is 0.0342. The summed E-state index contributed by atoms with van der Waals surface area (Å²) in [5.74, 6) is -0.880. The maximum Gasteiger partial charge on any atom is 0.407 e. The van der Waals surface area contributed by atoms with Crippen molar-refractivity contribution in [3.8, 4) is 0 Å². The van der Waals surface area contributed by atoms with Gasteiger partial charge in [-0.25, -0.2) is 9.18 Å². The molecule has 1 aromatic carbocycles. The lowest BCUT2D eigenvalue weighted by atomic mass is 9.92. The molecule has 3 heterocycles. The van der Waals surface area contributed by atoms with E-state index < -0.39 is 11.9 Å². The molecule has 152 valence electrons. The van der Waals surface area contributed by atoms with Crippen LogP contribution in [0.15, 0.2) is 18.2 Å². The Morgan fingerprint density at radius 2 is 2.18 bits per heavy atom. The zero-order valence-electron chi connectivity index (χ0n) is 16.6. The SMILES string of the molecule is Cc1c(C2CCCN(C(=O)O)C2)n(C[C@H]2COC(C)(C)O2)c2c(F)cccc12. The molecule has 2 fully saturated rings. The van der Waals surface area contributed by atoms with Crippen molar-refractivity contribution in [1.29, 1.82) is 0 Å². The number of rotatable bonds is 3. The number of aromatic nitrogens is 1. The van der Waals surface area contributed by atoms with E-state index in [0.29, 0.717) is 31.8 Å². The van der Waals surface area contributed by atoms with Crippen LogP contribution in [0.5, 0.6) is 0 Å². The molecule has 7 heteroatoms. The van der Waals surface area contributed by atoms with Gasteiger partial charge in [-0.2, -0.15) is 0 Å². The van der Waals surface area contributed by atoms with Gasteiger partial charge in [-0.3, -0.25) is 0 Å². The van der Waals surface area contributed by atoms with E-state index in [0.717, 1.165) is 29.5 Å². The Balaban J connectivity index is 1.77. The molecule has 2 aromatic rings. The molecule has 2 aliphatic heterocycles. The second-order valence-corrected chi connectivity index (χ2v) is 8.28. The topological polar surface area (TPSA) is 63.9 Å². The standard InChI is InChI=1S/C21H27FN2O4/c1-13-16-7-4-8-17(22)19(16)24(11-15-12-27-21(2,3)28-15)18(13)14-6-5-9-23(10-14)20(25)26/h4,7-8,14-15H,5-6,9-12H2,1-3H3,(H,25,26)/t14?,15-/m0/s1. The first-order valence-electron chi connectivity index (χ1n) is 9.83. The van der Waals surface area contributed by atoms with Crippen molar-refractivity contribution in [2.75, 3.05) is 19.7 Å². The number of halogens is 1. The highest BCUT2D eigenvalue weighted by molar-refractivity contribution is 5.86. The third kappa shape index (κ3) is 3.37. The molecule has 0 radical (unpaired) electrons. The van der Waals surface area contributed by atoms with Crippen LogP contribution >= 0.6 is 0 Å². The van der Waals surface area contributed by atoms with Crippen molar-refractivity contribution in [3.63, 3.8) is 0 Å². The summed E-state index contributed by atoms with van der Waals surface area (Å²) in [4.78, 5) is 13.0. The Morgan fingerprint density at radius 3 is 2.86 bits per heavy atom. The smallest absolute Gasteiger partial charge is 0.407 e. The van der Waals surface area contributed by atoms with Gasteiger partial charge >= 0.3 is 6.09 Å². The van der Waals surface area contributed by atoms with Crippen molar-refractivity contribution in [2.45, 2.75) is 58.0 Å². The summed E-state index contributed by atoms with van der Waals surface area (Å²) in [6.07, 6.45) is 0.611. The summed E-state index contributed by atoms with van der Waals surface area (Å²) in [7, 11) is 0. The van der Waals surface area contributed by atoms with Gasteiger partial charge in [-0.15, -0.1) is 0 Å². The minimum Gasteiger partial charge on any atom is -0.465 e. The molecule has 1 N–H and O–H groups in total. The van der Waals surface area contributed by atoms with Crippen molar-refractivity contribution in [2.24, 2.45) is 0 Å². The monoisotopic (exact) mass is 390 g/mol. The number of nitrogens with zero attached hydrogens (tertiary/aromatic N) is 2. The molecule has 2 aliphatic rings. The van der Waals surface area contributed by atoms with E-state index in [9.17, 15) is 14.3 Å². The number of amides is 1. The fourth-order valence-corrected chi connectivity index (χ4v) is 4.70. The highest BCUT2D eigenvalue weighted by Crippen LogP contribution is 2.37. The third-order valence-electron chi connectivity index (χ3n) is 5.87. The van der Waals surface area contributed by atoms with Gasteiger partial charge in [0.1, 0.15) is 11.9 Å². The zero-order chi connectivity index (χ0) is 20.1. The normalized spacial score (nSPS) is 24.8. The number of para-hydroxylation sites is 1. The molecular formula is C21H27FN2O4. The van der Waals surface area contributed by atoms with Crippen molar-refractivity contribution >= 4 is 17.0 Å². The molecule has 2 saturated heterocycles. The lowest BCUT2D eigenvalue weighted by Crippen LogP contribution is -2.39. The highest BCUT2D eigenvalue weighted by Gasteiger charge is 2.35. The fourth-order valence-electron chi connectivity index (χ4n) is 4.70. The minimum atomic E-state index is -0.898. The average Bonchev–Trinajstić information content (AvgIpc) is 3.13. The van der Waals surface area contributed by atoms with Crippen molar-refractivity contribution < 1.29 is 23.8 Å². The first-order valence-corrected chi connectivity index (χ1v) is 9.83. The van der Waals surface area contributed by atoms with Crippen LogP contribution in [0.3, 0.4) is 0 Å². The first-order chi connectivity index (χ1) is 13.3. The molecule has 0 bridgehead atoms. The van der Waals surface area contributed by atoms with E-state index in [1.54, 1.807) is 6.07 Å². The Hall–Kier alpha value is -2.12. The Morgan fingerprint density at radius 1 is 1.39 bits per heavy atom. The molecule has 0 aliphatic carbocycles. The molecular weight excluding hydrogens is 363 g/mol. The van der Waals surface area contributed by atoms with Crippen molar-refractivity contribution in [1.82, 2.24) is 9.47 Å². The number of fused-ring (bicyclic) bond motifs is 1. The van der Waals surface area contributed by atoms with E-state index in [1.807, 2.05) is 31.4 Å². The summed E-state index contributed by atoms with van der Waals surface area (Å²) in [5.41, 5.74) is 2.60. The van der Waals surface area contributed by atoms with Gasteiger partial charge in [0.25, 0.3) is 0 Å². The summed E-state index contributed by atoms with van der Waals surface area (Å²) < 4.78 is 28.5. The molecule has 4 rings (SSSR count). The third-order valence-corrected chi connectivity index (χ3v) is 5.87. The predicted molar refractivity (Wildman–Crippen MR) is 103 cm³/mol. The Labute approximate surface area is 163 Å². The van der Waals surface area contributed by atoms with Crippen molar-refractivity contribution in [3.05, 3.63) is 35.3 Å². The number of piperidine rings is 1. The largest absolute Gasteiger partial charge is 0.465 e. The van der Waals surface area contributed by atoms with Crippen LogP contribution in [0, 0.1) is 12.7 Å². The highest BCUT2D eigenvalue weighted by atomic mass is 19.1. The van der Waals surface area contributed by atoms with E-state index in [-0.39, 0.29) is 17.8 Å². The van der Waals surface area contributed by atoms with Crippen LogP contribution < -0.4 is 0 Å². The van der Waals surface area contributed by atoms with Gasteiger partial charge in [-0.05, 0) is 45.2 Å². The van der Waals surface area contributed by atoms with Crippen LogP contribution in [0.2, 0.25) is 0 Å². The van der Waals surface area contributed by atoms with Gasteiger partial charge in [0.05, 0.1) is 18.7 Å². The second kappa shape index (κ2) is 7.04. The quantitative estimate of drug-likeness (QED) is 0.857. The van der Waals surface area contributed by atoms with E-state index >= 15 is 0 Å². The van der Waals surface area contributed by atoms with Crippen LogP contribution in [-0.4, -0.2) is 52.3 Å². The second-order valence-electron chi connectivity index (χ2n) is 8.28. The van der Waals surface area contributed by atoms with Crippen LogP contribution in [0.1, 0.15) is 43.9 Å². The summed E-state index contributed by atoms with van der Waals surface area (Å²) >= 11 is 0. The summed E-state index contributed by atoms with van der Waals surface area (Å²) in [6, 6.07) is 5.13. The lowest BCUT2D eigenvalue weighted by molar-refractivity contribution is -0.139. The molecule has 2 atom stereocenters. The van der Waals surface area contributed by atoms with Crippen LogP contribution in [-0.2, 0) is 16.0 Å². The Bertz CT molecular complexity index is 907. The van der Waals surface area contributed by atoms with Gasteiger partial charge in [0, 0.05) is 30.1 Å². The Kier molecular flexibility index (Phi) is 4.83. The maximum atomic E-state index is 14.8. The van der Waals surface area contributed by atoms with E-state index in [4.69, 9.17) is 9.47 Å². The van der Waals surface area contributed by atoms with E-state index in [2.05, 4.69) is 0 Å². The van der Waals surface area contributed by atoms with Gasteiger partial charge < -0.3 is 24.0 Å². The zero-order valence-corrected chi connectivity index (χ0v) is 16.6. The average molecular weight is 390 g/mol. The molecule has 1 amide bonds. The maximum absolute atomic E-state index is 14.8. The lowest BCUT2D eigenvalue weighted by Gasteiger charge is -2.32. The van der Waals surface area contributed by atoms with Gasteiger partial charge in [0.2, 0.25) is 0 Å². The summed E-state index contributed by atoms with van der Waals surface area (Å²) in [5, 5.41) is 10.3. The molecule has 1 aromatic heterocycles. The molecule has 0 saturated carbocycles. The molecule has 0 spiro atoms. The number of carbonyl (C=O) groups is 1. The van der Waals surface area contributed by atoms with Gasteiger partial charge in [-0.1, -0.05) is 12.1 Å². The predicted octanol–water partition coefficient (Wildman–Crippen LogP) is 4.10. The number of benzene rings is 1. The number of hydrogen-bond donors (Lipinski definition) is 1. The van der Waals surface area contributed by atoms with E-state index in [1.165, 1.54) is 11.0 Å². The molecule has 1 unspecified atom stereocenters. The van der Waals surface area contributed by atoms with Crippen LogP contribution in [0.25, 0.3) is 10.9 Å². The summed E-state index contributed by atoms with van der Waals surface area (Å²) in [6.45, 7) is 7.66. The van der Waals surface area contributed by atoms with Crippen LogP contribution in [0.4, 0.5) is 9.18 Å².